The first-order chi connectivity index (χ1) is 33.0. The molecule has 0 bridgehead atoms. The lowest BCUT2D eigenvalue weighted by Crippen LogP contribution is -2.30. The highest BCUT2D eigenvalue weighted by atomic mass is 16.6. The van der Waals surface area contributed by atoms with Gasteiger partial charge in [0, 0.05) is 19.3 Å². The fourth-order valence-electron chi connectivity index (χ4n) is 9.51. The van der Waals surface area contributed by atoms with E-state index in [0.717, 1.165) is 57.8 Å². The van der Waals surface area contributed by atoms with Gasteiger partial charge in [0.1, 0.15) is 13.2 Å². The Morgan fingerprint density at radius 1 is 0.239 bits per heavy atom. The van der Waals surface area contributed by atoms with Gasteiger partial charge in [0.15, 0.2) is 6.10 Å². The van der Waals surface area contributed by atoms with Crippen LogP contribution in [0, 0.1) is 0 Å². The van der Waals surface area contributed by atoms with Gasteiger partial charge in [0.2, 0.25) is 0 Å². The number of hydrogen-bond donors (Lipinski definition) is 0. The van der Waals surface area contributed by atoms with E-state index < -0.39 is 6.10 Å². The summed E-state index contributed by atoms with van der Waals surface area (Å²) in [6.45, 7) is 6.69. The maximum atomic E-state index is 12.8. The van der Waals surface area contributed by atoms with Gasteiger partial charge in [-0.05, 0) is 19.3 Å². The van der Waals surface area contributed by atoms with Crippen molar-refractivity contribution < 1.29 is 28.6 Å². The van der Waals surface area contributed by atoms with Crippen LogP contribution in [-0.4, -0.2) is 37.2 Å². The van der Waals surface area contributed by atoms with Crippen molar-refractivity contribution in [1.29, 1.82) is 0 Å². The average Bonchev–Trinajstić information content (AvgIpc) is 3.33. The fourth-order valence-corrected chi connectivity index (χ4v) is 9.51. The number of rotatable bonds is 57. The Labute approximate surface area is 418 Å². The molecule has 398 valence electrons. The fraction of sp³-hybridized carbons (Fsp3) is 0.951. The molecule has 0 aromatic carbocycles. The highest BCUT2D eigenvalue weighted by Crippen LogP contribution is 2.18. The summed E-state index contributed by atoms with van der Waals surface area (Å²) in [5, 5.41) is 0. The van der Waals surface area contributed by atoms with Gasteiger partial charge in [-0.25, -0.2) is 0 Å². The maximum absolute atomic E-state index is 12.8. The van der Waals surface area contributed by atoms with Crippen molar-refractivity contribution in [3.63, 3.8) is 0 Å². The van der Waals surface area contributed by atoms with Gasteiger partial charge in [-0.3, -0.25) is 14.4 Å². The van der Waals surface area contributed by atoms with Gasteiger partial charge >= 0.3 is 17.9 Å². The quantitative estimate of drug-likeness (QED) is 0.0343. The first-order valence-corrected chi connectivity index (χ1v) is 30.5. The molecule has 1 atom stereocenters. The minimum atomic E-state index is -0.760. The summed E-state index contributed by atoms with van der Waals surface area (Å²) in [5.41, 5.74) is 0. The lowest BCUT2D eigenvalue weighted by atomic mass is 10.0. The molecule has 6 nitrogen and oxygen atoms in total. The lowest BCUT2D eigenvalue weighted by Gasteiger charge is -2.18. The molecule has 6 heteroatoms. The van der Waals surface area contributed by atoms with Crippen molar-refractivity contribution in [1.82, 2.24) is 0 Å². The summed E-state index contributed by atoms with van der Waals surface area (Å²) in [6.07, 6.45) is 64.1. The van der Waals surface area contributed by atoms with Gasteiger partial charge in [-0.1, -0.05) is 316 Å². The first kappa shape index (κ1) is 65.4. The zero-order valence-corrected chi connectivity index (χ0v) is 45.7. The van der Waals surface area contributed by atoms with E-state index in [0.29, 0.717) is 19.3 Å². The number of ether oxygens (including phenoxy) is 3. The molecule has 0 aromatic heterocycles. The molecule has 0 saturated heterocycles. The first-order valence-electron chi connectivity index (χ1n) is 30.5. The smallest absolute Gasteiger partial charge is 0.306 e. The second kappa shape index (κ2) is 57.0. The molecule has 1 unspecified atom stereocenters. The molecule has 67 heavy (non-hydrogen) atoms. The third-order valence-electron chi connectivity index (χ3n) is 14.1. The van der Waals surface area contributed by atoms with Crippen LogP contribution in [0.5, 0.6) is 0 Å². The molecular weight excluding hydrogens is 829 g/mol. The van der Waals surface area contributed by atoms with Gasteiger partial charge < -0.3 is 14.2 Å². The van der Waals surface area contributed by atoms with Crippen molar-refractivity contribution >= 4 is 17.9 Å². The molecule has 0 spiro atoms. The van der Waals surface area contributed by atoms with Crippen LogP contribution >= 0.6 is 0 Å². The number of esters is 3. The van der Waals surface area contributed by atoms with Crippen molar-refractivity contribution in [2.24, 2.45) is 0 Å². The van der Waals surface area contributed by atoms with Gasteiger partial charge in [-0.2, -0.15) is 0 Å². The van der Waals surface area contributed by atoms with Crippen LogP contribution in [-0.2, 0) is 28.6 Å². The molecule has 0 amide bonds. The molecule has 0 rings (SSSR count). The van der Waals surface area contributed by atoms with E-state index in [1.807, 2.05) is 0 Å². The summed E-state index contributed by atoms with van der Waals surface area (Å²) in [7, 11) is 0. The van der Waals surface area contributed by atoms with E-state index in [4.69, 9.17) is 14.2 Å². The molecule has 0 aromatic rings. The van der Waals surface area contributed by atoms with E-state index in [2.05, 4.69) is 20.8 Å². The van der Waals surface area contributed by atoms with Crippen LogP contribution in [0.3, 0.4) is 0 Å². The molecule has 0 aliphatic carbocycles. The van der Waals surface area contributed by atoms with Crippen LogP contribution < -0.4 is 0 Å². The molecular formula is C61H118O6. The molecule has 0 radical (unpaired) electrons. The Hall–Kier alpha value is -1.59. The highest BCUT2D eigenvalue weighted by molar-refractivity contribution is 5.71. The van der Waals surface area contributed by atoms with E-state index in [1.165, 1.54) is 257 Å². The summed E-state index contributed by atoms with van der Waals surface area (Å²) < 4.78 is 16.8. The standard InChI is InChI=1S/C61H118O6/c1-4-7-10-13-16-19-22-24-25-26-27-28-29-30-31-32-33-34-35-36-37-38-40-42-45-48-51-54-60(63)66-57-58(56-65-59(62)53-50-47-44-41-21-18-15-12-9-6-3)67-61(64)55-52-49-46-43-39-23-20-17-14-11-8-5-2/h58H,4-57H2,1-3H3. The Bertz CT molecular complexity index is 998. The second-order valence-electron chi connectivity index (χ2n) is 21.0. The minimum Gasteiger partial charge on any atom is -0.462 e. The third-order valence-corrected chi connectivity index (χ3v) is 14.1. The third kappa shape index (κ3) is 55.2. The second-order valence-corrected chi connectivity index (χ2v) is 21.0. The van der Waals surface area contributed by atoms with Crippen LogP contribution in [0.15, 0.2) is 0 Å². The summed E-state index contributed by atoms with van der Waals surface area (Å²) in [5.74, 6) is -0.837. The van der Waals surface area contributed by atoms with E-state index >= 15 is 0 Å². The zero-order valence-electron chi connectivity index (χ0n) is 45.7. The molecule has 0 heterocycles. The van der Waals surface area contributed by atoms with Gasteiger partial charge in [0.05, 0.1) is 0 Å². The number of unbranched alkanes of at least 4 members (excludes halogenated alkanes) is 46. The lowest BCUT2D eigenvalue weighted by molar-refractivity contribution is -0.167. The monoisotopic (exact) mass is 947 g/mol. The van der Waals surface area contributed by atoms with Crippen molar-refractivity contribution in [2.75, 3.05) is 13.2 Å². The molecule has 0 aliphatic heterocycles. The van der Waals surface area contributed by atoms with Crippen LogP contribution in [0.4, 0.5) is 0 Å². The largest absolute Gasteiger partial charge is 0.462 e. The Balaban J connectivity index is 4.05. The van der Waals surface area contributed by atoms with E-state index in [9.17, 15) is 14.4 Å². The Morgan fingerprint density at radius 3 is 0.597 bits per heavy atom. The predicted molar refractivity (Wildman–Crippen MR) is 289 cm³/mol. The van der Waals surface area contributed by atoms with Crippen LogP contribution in [0.1, 0.15) is 355 Å². The topological polar surface area (TPSA) is 78.9 Å². The SMILES string of the molecule is CCCCCCCCCCCCCCCCCCCCCCCCCCCCCC(=O)OCC(COC(=O)CCCCCCCCCCCC)OC(=O)CCCCCCCCCCCCCC. The predicted octanol–water partition coefficient (Wildman–Crippen LogP) is 20.3. The van der Waals surface area contributed by atoms with Gasteiger partial charge in [-0.15, -0.1) is 0 Å². The summed E-state index contributed by atoms with van der Waals surface area (Å²) in [6, 6.07) is 0. The Morgan fingerprint density at radius 2 is 0.403 bits per heavy atom. The minimum absolute atomic E-state index is 0.0614. The highest BCUT2D eigenvalue weighted by Gasteiger charge is 2.19. The maximum Gasteiger partial charge on any atom is 0.306 e. The number of hydrogen-bond acceptors (Lipinski definition) is 6. The normalized spacial score (nSPS) is 11.9. The molecule has 0 N–H and O–H groups in total. The van der Waals surface area contributed by atoms with Crippen molar-refractivity contribution in [2.45, 2.75) is 361 Å². The molecule has 0 saturated carbocycles. The average molecular weight is 948 g/mol. The number of carbonyl (C=O) groups is 3. The number of carbonyl (C=O) groups excluding carboxylic acids is 3. The van der Waals surface area contributed by atoms with Crippen molar-refractivity contribution in [3.05, 3.63) is 0 Å². The van der Waals surface area contributed by atoms with Crippen LogP contribution in [0.2, 0.25) is 0 Å². The van der Waals surface area contributed by atoms with Crippen LogP contribution in [0.25, 0.3) is 0 Å². The van der Waals surface area contributed by atoms with Crippen molar-refractivity contribution in [3.8, 4) is 0 Å². The Kier molecular flexibility index (Phi) is 55.6. The zero-order chi connectivity index (χ0) is 48.6. The summed E-state index contributed by atoms with van der Waals surface area (Å²) in [4.78, 5) is 38.0. The molecule has 0 aliphatic rings. The van der Waals surface area contributed by atoms with E-state index in [-0.39, 0.29) is 31.1 Å². The summed E-state index contributed by atoms with van der Waals surface area (Å²) >= 11 is 0. The molecule has 0 fully saturated rings. The van der Waals surface area contributed by atoms with E-state index in [1.54, 1.807) is 0 Å². The van der Waals surface area contributed by atoms with Gasteiger partial charge in [0.25, 0.3) is 0 Å².